The molecule has 1 aliphatic rings. The number of hydrogen-bond acceptors (Lipinski definition) is 3. The summed E-state index contributed by atoms with van der Waals surface area (Å²) in [5.74, 6) is 0.252. The molecule has 2 rings (SSSR count). The highest BCUT2D eigenvalue weighted by atomic mass is 16.5. The second-order valence-electron chi connectivity index (χ2n) is 6.32. The highest BCUT2D eigenvalue weighted by molar-refractivity contribution is 5.78. The predicted molar refractivity (Wildman–Crippen MR) is 77.4 cm³/mol. The van der Waals surface area contributed by atoms with E-state index >= 15 is 0 Å². The quantitative estimate of drug-likeness (QED) is 0.900. The van der Waals surface area contributed by atoms with Crippen LogP contribution in [-0.4, -0.2) is 34.2 Å². The lowest BCUT2D eigenvalue weighted by Gasteiger charge is -2.25. The second-order valence-corrected chi connectivity index (χ2v) is 6.32. The summed E-state index contributed by atoms with van der Waals surface area (Å²) in [5.41, 5.74) is 0.636. The minimum atomic E-state index is -0.310. The van der Waals surface area contributed by atoms with Crippen molar-refractivity contribution < 1.29 is 14.6 Å². The highest BCUT2D eigenvalue weighted by Crippen LogP contribution is 2.29. The number of benzene rings is 1. The van der Waals surface area contributed by atoms with E-state index in [0.717, 1.165) is 18.4 Å². The van der Waals surface area contributed by atoms with Crippen molar-refractivity contribution in [1.29, 1.82) is 0 Å². The van der Waals surface area contributed by atoms with Gasteiger partial charge in [0.1, 0.15) is 12.4 Å². The van der Waals surface area contributed by atoms with Gasteiger partial charge in [0.15, 0.2) is 0 Å². The Balaban J connectivity index is 1.98. The van der Waals surface area contributed by atoms with Crippen LogP contribution in [0.2, 0.25) is 0 Å². The van der Waals surface area contributed by atoms with Gasteiger partial charge in [-0.15, -0.1) is 0 Å². The van der Waals surface area contributed by atoms with E-state index in [1.54, 1.807) is 18.2 Å². The van der Waals surface area contributed by atoms with E-state index in [9.17, 15) is 9.90 Å². The second kappa shape index (κ2) is 5.83. The van der Waals surface area contributed by atoms with Gasteiger partial charge >= 0.3 is 0 Å². The molecule has 0 aliphatic heterocycles. The van der Waals surface area contributed by atoms with Crippen LogP contribution in [0.15, 0.2) is 24.3 Å². The molecule has 4 heteroatoms. The number of carbonyl (C=O) groups excluding carboxylic acids is 1. The van der Waals surface area contributed by atoms with Crippen LogP contribution in [0.25, 0.3) is 0 Å². The number of rotatable bonds is 5. The van der Waals surface area contributed by atoms with Crippen LogP contribution in [0.1, 0.15) is 39.2 Å². The van der Waals surface area contributed by atoms with E-state index in [1.807, 2.05) is 31.7 Å². The lowest BCUT2D eigenvalue weighted by atomic mass is 10.2. The van der Waals surface area contributed by atoms with Crippen LogP contribution < -0.4 is 0 Å². The smallest absolute Gasteiger partial charge is 0.249 e. The number of phenols is 1. The third kappa shape index (κ3) is 4.53. The first-order valence-corrected chi connectivity index (χ1v) is 7.06. The van der Waals surface area contributed by atoms with Crippen LogP contribution in [0.3, 0.4) is 0 Å². The predicted octanol–water partition coefficient (Wildman–Crippen LogP) is 2.70. The summed E-state index contributed by atoms with van der Waals surface area (Å²) in [6.45, 7) is 6.47. The largest absolute Gasteiger partial charge is 0.508 e. The van der Waals surface area contributed by atoms with Crippen molar-refractivity contribution in [1.82, 2.24) is 4.90 Å². The summed E-state index contributed by atoms with van der Waals surface area (Å²) in [7, 11) is 0. The van der Waals surface area contributed by atoms with Crippen LogP contribution in [0.4, 0.5) is 0 Å². The Labute approximate surface area is 120 Å². The normalized spacial score (nSPS) is 15.2. The summed E-state index contributed by atoms with van der Waals surface area (Å²) in [4.78, 5) is 14.2. The zero-order valence-corrected chi connectivity index (χ0v) is 12.4. The van der Waals surface area contributed by atoms with Gasteiger partial charge in [-0.2, -0.15) is 0 Å². The van der Waals surface area contributed by atoms with E-state index in [0.29, 0.717) is 12.6 Å². The van der Waals surface area contributed by atoms with Gasteiger partial charge in [0.05, 0.1) is 5.60 Å². The van der Waals surface area contributed by atoms with Gasteiger partial charge in [0.25, 0.3) is 0 Å². The zero-order valence-electron chi connectivity index (χ0n) is 12.4. The van der Waals surface area contributed by atoms with E-state index in [4.69, 9.17) is 4.74 Å². The van der Waals surface area contributed by atoms with Gasteiger partial charge in [-0.05, 0) is 51.3 Å². The lowest BCUT2D eigenvalue weighted by Crippen LogP contribution is -2.37. The Bertz CT molecular complexity index is 475. The molecule has 0 unspecified atom stereocenters. The maximum atomic E-state index is 12.3. The average Bonchev–Trinajstić information content (AvgIpc) is 3.16. The van der Waals surface area contributed by atoms with Crippen molar-refractivity contribution in [2.45, 2.75) is 51.8 Å². The minimum Gasteiger partial charge on any atom is -0.508 e. The molecule has 20 heavy (non-hydrogen) atoms. The van der Waals surface area contributed by atoms with Gasteiger partial charge in [-0.3, -0.25) is 4.79 Å². The first-order valence-electron chi connectivity index (χ1n) is 7.06. The van der Waals surface area contributed by atoms with Gasteiger partial charge in [0, 0.05) is 12.6 Å². The Kier molecular flexibility index (Phi) is 4.33. The van der Waals surface area contributed by atoms with Crippen LogP contribution >= 0.6 is 0 Å². The molecule has 1 aromatic rings. The van der Waals surface area contributed by atoms with Crippen molar-refractivity contribution in [3.8, 4) is 5.75 Å². The number of phenolic OH excluding ortho intramolecular Hbond substituents is 1. The van der Waals surface area contributed by atoms with Crippen molar-refractivity contribution >= 4 is 5.91 Å². The highest BCUT2D eigenvalue weighted by Gasteiger charge is 2.33. The molecule has 1 aliphatic carbocycles. The van der Waals surface area contributed by atoms with Crippen LogP contribution in [0.5, 0.6) is 5.75 Å². The zero-order chi connectivity index (χ0) is 14.8. The maximum absolute atomic E-state index is 12.3. The molecule has 1 aromatic carbocycles. The molecule has 1 N–H and O–H groups in total. The SMILES string of the molecule is CC(C)(C)OCC(=O)N(Cc1cccc(O)c1)C1CC1. The fourth-order valence-electron chi connectivity index (χ4n) is 2.02. The standard InChI is InChI=1S/C16H23NO3/c1-16(2,3)20-11-15(19)17(13-7-8-13)10-12-5-4-6-14(18)9-12/h4-6,9,13,18H,7-8,10-11H2,1-3H3. The van der Waals surface area contributed by atoms with Gasteiger partial charge in [-0.25, -0.2) is 0 Å². The summed E-state index contributed by atoms with van der Waals surface area (Å²) in [5, 5.41) is 9.50. The molecule has 1 amide bonds. The third-order valence-electron chi connectivity index (χ3n) is 3.20. The van der Waals surface area contributed by atoms with Crippen molar-refractivity contribution in [3.63, 3.8) is 0 Å². The molecule has 110 valence electrons. The number of hydrogen-bond donors (Lipinski definition) is 1. The number of nitrogens with zero attached hydrogens (tertiary/aromatic N) is 1. The number of ether oxygens (including phenoxy) is 1. The molecule has 0 bridgehead atoms. The topological polar surface area (TPSA) is 49.8 Å². The molecule has 1 saturated carbocycles. The summed E-state index contributed by atoms with van der Waals surface area (Å²) in [6, 6.07) is 7.38. The summed E-state index contributed by atoms with van der Waals surface area (Å²) in [6.07, 6.45) is 2.11. The first kappa shape index (κ1) is 14.9. The molecule has 0 atom stereocenters. The third-order valence-corrected chi connectivity index (χ3v) is 3.20. The Morgan fingerprint density at radius 2 is 2.10 bits per heavy atom. The maximum Gasteiger partial charge on any atom is 0.249 e. The van der Waals surface area contributed by atoms with E-state index in [2.05, 4.69) is 0 Å². The first-order chi connectivity index (χ1) is 9.35. The Morgan fingerprint density at radius 3 is 2.65 bits per heavy atom. The van der Waals surface area contributed by atoms with E-state index < -0.39 is 0 Å². The molecule has 0 saturated heterocycles. The van der Waals surface area contributed by atoms with Crippen molar-refractivity contribution in [2.24, 2.45) is 0 Å². The van der Waals surface area contributed by atoms with Crippen molar-refractivity contribution in [2.75, 3.05) is 6.61 Å². The summed E-state index contributed by atoms with van der Waals surface area (Å²) >= 11 is 0. The number of amides is 1. The molecule has 4 nitrogen and oxygen atoms in total. The van der Waals surface area contributed by atoms with E-state index in [1.165, 1.54) is 0 Å². The minimum absolute atomic E-state index is 0.0192. The number of aromatic hydroxyl groups is 1. The van der Waals surface area contributed by atoms with Crippen LogP contribution in [0, 0.1) is 0 Å². The molecular weight excluding hydrogens is 254 g/mol. The molecule has 0 heterocycles. The molecule has 0 spiro atoms. The fourth-order valence-corrected chi connectivity index (χ4v) is 2.02. The van der Waals surface area contributed by atoms with Gasteiger partial charge < -0.3 is 14.7 Å². The average molecular weight is 277 g/mol. The lowest BCUT2D eigenvalue weighted by molar-refractivity contribution is -0.142. The molecule has 0 aromatic heterocycles. The molecule has 1 fully saturated rings. The molecular formula is C16H23NO3. The van der Waals surface area contributed by atoms with E-state index in [-0.39, 0.29) is 23.9 Å². The van der Waals surface area contributed by atoms with Gasteiger partial charge in [0.2, 0.25) is 5.91 Å². The summed E-state index contributed by atoms with van der Waals surface area (Å²) < 4.78 is 5.57. The molecule has 0 radical (unpaired) electrons. The van der Waals surface area contributed by atoms with Crippen LogP contribution in [-0.2, 0) is 16.1 Å². The number of carbonyl (C=O) groups is 1. The van der Waals surface area contributed by atoms with Gasteiger partial charge in [-0.1, -0.05) is 12.1 Å². The Hall–Kier alpha value is -1.55. The Morgan fingerprint density at radius 1 is 1.40 bits per heavy atom. The van der Waals surface area contributed by atoms with Crippen molar-refractivity contribution in [3.05, 3.63) is 29.8 Å². The fraction of sp³-hybridized carbons (Fsp3) is 0.562. The monoisotopic (exact) mass is 277 g/mol.